The molecular weight excluding hydrogens is 784 g/mol. The summed E-state index contributed by atoms with van der Waals surface area (Å²) in [7, 11) is 3.45. The lowest BCUT2D eigenvalue weighted by Gasteiger charge is -2.55. The van der Waals surface area contributed by atoms with Crippen LogP contribution in [0.3, 0.4) is 0 Å². The lowest BCUT2D eigenvalue weighted by Crippen LogP contribution is -2.60. The van der Waals surface area contributed by atoms with Gasteiger partial charge in [0, 0.05) is 61.5 Å². The van der Waals surface area contributed by atoms with Gasteiger partial charge in [-0.15, -0.1) is 0 Å². The fourth-order valence-electron chi connectivity index (χ4n) is 9.76. The summed E-state index contributed by atoms with van der Waals surface area (Å²) in [4.78, 5) is 49.1. The van der Waals surface area contributed by atoms with E-state index in [1.54, 1.807) is 36.1 Å². The summed E-state index contributed by atoms with van der Waals surface area (Å²) in [5, 5.41) is 15.2. The Morgan fingerprint density at radius 2 is 1.83 bits per heavy atom. The Balaban J connectivity index is 0.814. The van der Waals surface area contributed by atoms with Gasteiger partial charge in [0.25, 0.3) is 5.56 Å². The number of nitrogens with one attached hydrogen (secondary N) is 3. The normalized spacial score (nSPS) is 24.8. The topological polar surface area (TPSA) is 158 Å². The highest BCUT2D eigenvalue weighted by Gasteiger charge is 2.52. The second-order valence-electron chi connectivity index (χ2n) is 17.2. The molecule has 0 radical (unpaired) electrons. The molecular formula is C42H44ClF2N9O5. The molecule has 6 heterocycles. The van der Waals surface area contributed by atoms with Crippen LogP contribution in [0.1, 0.15) is 63.5 Å². The van der Waals surface area contributed by atoms with Crippen molar-refractivity contribution in [1.29, 1.82) is 0 Å². The molecule has 308 valence electrons. The molecule has 5 aromatic rings. The quantitative estimate of drug-likeness (QED) is 0.156. The molecule has 1 spiro atoms. The molecule has 59 heavy (non-hydrogen) atoms. The second kappa shape index (κ2) is 13.8. The van der Waals surface area contributed by atoms with Crippen LogP contribution in [0.2, 0.25) is 5.02 Å². The number of anilines is 4. The average Bonchev–Trinajstić information content (AvgIpc) is 4.00. The Labute approximate surface area is 342 Å². The number of hydrogen-bond acceptors (Lipinski definition) is 11. The monoisotopic (exact) mass is 827 g/mol. The van der Waals surface area contributed by atoms with Crippen LogP contribution in [0.25, 0.3) is 21.8 Å². The molecule has 2 saturated carbocycles. The summed E-state index contributed by atoms with van der Waals surface area (Å²) >= 11 is 6.62. The maximum absolute atomic E-state index is 15.2. The fraction of sp³-hybridized carbons (Fsp3) is 0.476. The third kappa shape index (κ3) is 6.59. The number of aromatic nitrogens is 5. The van der Waals surface area contributed by atoms with Crippen LogP contribution in [-0.4, -0.2) is 73.9 Å². The van der Waals surface area contributed by atoms with Crippen LogP contribution in [-0.2, 0) is 23.7 Å². The number of fused-ring (bicyclic) bond motifs is 4. The predicted molar refractivity (Wildman–Crippen MR) is 218 cm³/mol. The van der Waals surface area contributed by atoms with E-state index in [1.165, 1.54) is 4.57 Å². The number of imide groups is 1. The molecule has 3 aliphatic heterocycles. The fourth-order valence-corrected chi connectivity index (χ4v) is 9.90. The van der Waals surface area contributed by atoms with E-state index < -0.39 is 30.0 Å². The summed E-state index contributed by atoms with van der Waals surface area (Å²) in [6, 6.07) is 10.1. The highest BCUT2D eigenvalue weighted by atomic mass is 35.5. The summed E-state index contributed by atoms with van der Waals surface area (Å²) in [6.07, 6.45) is 6.60. The predicted octanol–water partition coefficient (Wildman–Crippen LogP) is 6.42. The van der Waals surface area contributed by atoms with E-state index >= 15 is 8.78 Å². The summed E-state index contributed by atoms with van der Waals surface area (Å²) in [5.74, 6) is -2.45. The van der Waals surface area contributed by atoms with Crippen molar-refractivity contribution in [1.82, 2.24) is 29.6 Å². The van der Waals surface area contributed by atoms with Gasteiger partial charge in [0.2, 0.25) is 23.5 Å². The van der Waals surface area contributed by atoms with Gasteiger partial charge >= 0.3 is 5.92 Å². The Bertz CT molecular complexity index is 2620. The maximum atomic E-state index is 15.2. The summed E-state index contributed by atoms with van der Waals surface area (Å²) in [5.41, 5.74) is 2.62. The molecule has 17 heteroatoms. The van der Waals surface area contributed by atoms with Gasteiger partial charge in [0.05, 0.1) is 40.6 Å². The van der Waals surface area contributed by atoms with E-state index in [0.717, 1.165) is 49.0 Å². The third-order valence-corrected chi connectivity index (χ3v) is 13.3. The Morgan fingerprint density at radius 3 is 2.59 bits per heavy atom. The molecule has 1 unspecified atom stereocenters. The number of piperidine rings is 1. The van der Waals surface area contributed by atoms with E-state index in [1.807, 2.05) is 25.2 Å². The number of halogens is 3. The van der Waals surface area contributed by atoms with Crippen molar-refractivity contribution in [2.75, 3.05) is 35.2 Å². The zero-order chi connectivity index (χ0) is 41.0. The Kier molecular flexibility index (Phi) is 8.82. The number of carbonyl (C=O) groups excluding carboxylic acids is 2. The Morgan fingerprint density at radius 1 is 1.02 bits per heavy atom. The Hall–Kier alpha value is -5.51. The molecule has 0 bridgehead atoms. The number of nitrogens with zero attached hydrogens (tertiary/aromatic N) is 6. The standard InChI is InChI=1S/C42H44ClF2N9O5/c1-21-16-41(13-12-31(21)59-24-7-8-25-30(15-24)53(3)51-33(25)26-9-11-32(55)48-38(26)56)18-54(19-41)40-46-17-28(43)37(50-40)47-23-6-10-29-27(14-23)34-35(39(57)52(29)2)58-20-42(44,45)36(49-34)22-4-5-22/h6-8,10,14-15,17,21-22,26,31,36,49H,4-5,9,11-13,16,18-20H2,1-3H3,(H,46,47,50)(H,48,55,56)/t21-,26?,31-,36-/m0/s1. The van der Waals surface area contributed by atoms with Crippen LogP contribution >= 0.6 is 11.6 Å². The van der Waals surface area contributed by atoms with Gasteiger partial charge < -0.3 is 29.6 Å². The van der Waals surface area contributed by atoms with Crippen LogP contribution in [0.4, 0.5) is 31.9 Å². The summed E-state index contributed by atoms with van der Waals surface area (Å²) < 4.78 is 45.6. The first-order valence-electron chi connectivity index (χ1n) is 20.2. The number of alkyl halides is 2. The van der Waals surface area contributed by atoms with Crippen LogP contribution in [0.15, 0.2) is 47.4 Å². The van der Waals surface area contributed by atoms with E-state index in [9.17, 15) is 14.4 Å². The molecule has 3 N–H and O–H groups in total. The zero-order valence-electron chi connectivity index (χ0n) is 32.9. The van der Waals surface area contributed by atoms with Crippen LogP contribution in [0.5, 0.6) is 11.5 Å². The number of benzene rings is 2. The zero-order valence-corrected chi connectivity index (χ0v) is 33.6. The van der Waals surface area contributed by atoms with E-state index in [0.29, 0.717) is 70.7 Å². The number of ether oxygens (including phenoxy) is 2. The molecule has 2 aromatic carbocycles. The number of aryl methyl sites for hydroxylation is 2. The minimum absolute atomic E-state index is 0.0368. The first-order chi connectivity index (χ1) is 28.3. The van der Waals surface area contributed by atoms with Crippen molar-refractivity contribution >= 4 is 68.4 Å². The molecule has 2 amide bonds. The van der Waals surface area contributed by atoms with Crippen LogP contribution < -0.4 is 35.9 Å². The van der Waals surface area contributed by atoms with Gasteiger partial charge in [-0.1, -0.05) is 18.5 Å². The van der Waals surface area contributed by atoms with Gasteiger partial charge in [0.15, 0.2) is 12.4 Å². The van der Waals surface area contributed by atoms with E-state index in [4.69, 9.17) is 26.1 Å². The van der Waals surface area contributed by atoms with Gasteiger partial charge in [-0.25, -0.2) is 13.8 Å². The molecule has 10 rings (SSSR count). The van der Waals surface area contributed by atoms with E-state index in [-0.39, 0.29) is 40.7 Å². The molecule has 2 aliphatic carbocycles. The SMILES string of the molecule is C[C@H]1CC2(CC[C@@H]1Oc1ccc3c(C4CCC(=O)NC4=O)nn(C)c3c1)CN(c1ncc(Cl)c(Nc3ccc4c(c3)c3c(c(=O)n4C)OCC(F)(F)[C@H](C4CC4)N3)n1)C2. The summed E-state index contributed by atoms with van der Waals surface area (Å²) in [6.45, 7) is 2.96. The van der Waals surface area contributed by atoms with Gasteiger partial charge in [-0.2, -0.15) is 10.1 Å². The van der Waals surface area contributed by atoms with E-state index in [2.05, 4.69) is 37.9 Å². The first-order valence-corrected chi connectivity index (χ1v) is 20.6. The molecule has 4 fully saturated rings. The van der Waals surface area contributed by atoms with Crippen molar-refractivity contribution < 1.29 is 27.8 Å². The highest BCUT2D eigenvalue weighted by Crippen LogP contribution is 2.49. The second-order valence-corrected chi connectivity index (χ2v) is 17.6. The number of carbonyl (C=O) groups is 2. The largest absolute Gasteiger partial charge is 0.490 e. The maximum Gasteiger partial charge on any atom is 0.301 e. The lowest BCUT2D eigenvalue weighted by molar-refractivity contribution is -0.134. The van der Waals surface area contributed by atoms with Crippen molar-refractivity contribution in [2.45, 2.75) is 75.9 Å². The minimum atomic E-state index is -3.14. The van der Waals surface area contributed by atoms with Gasteiger partial charge in [-0.05, 0) is 80.7 Å². The van der Waals surface area contributed by atoms with Crippen molar-refractivity contribution in [3.63, 3.8) is 0 Å². The third-order valence-electron chi connectivity index (χ3n) is 13.0. The average molecular weight is 828 g/mol. The molecule has 2 saturated heterocycles. The van der Waals surface area contributed by atoms with Crippen LogP contribution in [0, 0.1) is 17.3 Å². The lowest BCUT2D eigenvalue weighted by atomic mass is 9.64. The van der Waals surface area contributed by atoms with Crippen molar-refractivity contribution in [3.05, 3.63) is 63.7 Å². The minimum Gasteiger partial charge on any atom is -0.490 e. The smallest absolute Gasteiger partial charge is 0.301 e. The highest BCUT2D eigenvalue weighted by molar-refractivity contribution is 6.33. The number of amides is 2. The molecule has 5 aliphatic rings. The number of pyridine rings is 1. The van der Waals surface area contributed by atoms with Crippen molar-refractivity contribution in [3.8, 4) is 11.5 Å². The van der Waals surface area contributed by atoms with Crippen molar-refractivity contribution in [2.24, 2.45) is 31.3 Å². The molecule has 14 nitrogen and oxygen atoms in total. The molecule has 3 aromatic heterocycles. The number of rotatable bonds is 7. The van der Waals surface area contributed by atoms with Gasteiger partial charge in [-0.3, -0.25) is 24.4 Å². The first kappa shape index (κ1) is 37.7. The number of hydrogen-bond donors (Lipinski definition) is 3. The van der Waals surface area contributed by atoms with Gasteiger partial charge in [0.1, 0.15) is 16.9 Å². The molecule has 4 atom stereocenters.